The molecule has 5 nitrogen and oxygen atoms in total. The van der Waals surface area contributed by atoms with Crippen molar-refractivity contribution >= 4 is 5.91 Å². The highest BCUT2D eigenvalue weighted by atomic mass is 16.2. The van der Waals surface area contributed by atoms with E-state index in [-0.39, 0.29) is 5.91 Å². The standard InChI is InChI=1S/C13H16N4O/c1-2-9-17-12(6-8-16-17)13(18)15-10-11-5-3-4-7-14-11/h3-8H,2,9-10H2,1H3,(H,15,18). The normalized spacial score (nSPS) is 10.3. The zero-order valence-corrected chi connectivity index (χ0v) is 10.3. The number of carbonyl (C=O) groups is 1. The minimum Gasteiger partial charge on any atom is -0.345 e. The van der Waals surface area contributed by atoms with Gasteiger partial charge in [0.2, 0.25) is 0 Å². The molecule has 0 saturated carbocycles. The van der Waals surface area contributed by atoms with E-state index in [9.17, 15) is 4.79 Å². The molecule has 2 aromatic rings. The second-order valence-corrected chi connectivity index (χ2v) is 3.94. The van der Waals surface area contributed by atoms with E-state index in [2.05, 4.69) is 22.3 Å². The number of carbonyl (C=O) groups excluding carboxylic acids is 1. The molecule has 0 saturated heterocycles. The molecule has 5 heteroatoms. The molecule has 0 atom stereocenters. The van der Waals surface area contributed by atoms with E-state index in [1.807, 2.05) is 18.2 Å². The van der Waals surface area contributed by atoms with E-state index >= 15 is 0 Å². The van der Waals surface area contributed by atoms with Gasteiger partial charge < -0.3 is 5.32 Å². The van der Waals surface area contributed by atoms with Crippen LogP contribution in [0.4, 0.5) is 0 Å². The maximum atomic E-state index is 12.0. The lowest BCUT2D eigenvalue weighted by Gasteiger charge is -2.07. The summed E-state index contributed by atoms with van der Waals surface area (Å²) in [6.07, 6.45) is 4.30. The van der Waals surface area contributed by atoms with Gasteiger partial charge in [-0.2, -0.15) is 5.10 Å². The van der Waals surface area contributed by atoms with E-state index < -0.39 is 0 Å². The van der Waals surface area contributed by atoms with Crippen molar-refractivity contribution < 1.29 is 4.79 Å². The molecule has 0 aliphatic heterocycles. The van der Waals surface area contributed by atoms with Crippen LogP contribution < -0.4 is 5.32 Å². The van der Waals surface area contributed by atoms with Gasteiger partial charge in [0.15, 0.2) is 0 Å². The molecule has 0 fully saturated rings. The zero-order chi connectivity index (χ0) is 12.8. The molecule has 2 heterocycles. The number of aromatic nitrogens is 3. The van der Waals surface area contributed by atoms with Gasteiger partial charge in [0, 0.05) is 18.9 Å². The molecule has 2 aromatic heterocycles. The fourth-order valence-electron chi connectivity index (χ4n) is 1.68. The number of rotatable bonds is 5. The fraction of sp³-hybridized carbons (Fsp3) is 0.308. The monoisotopic (exact) mass is 244 g/mol. The van der Waals surface area contributed by atoms with E-state index in [1.54, 1.807) is 23.1 Å². The molecule has 0 unspecified atom stereocenters. The largest absolute Gasteiger partial charge is 0.345 e. The summed E-state index contributed by atoms with van der Waals surface area (Å²) < 4.78 is 1.72. The summed E-state index contributed by atoms with van der Waals surface area (Å²) in [5.74, 6) is -0.119. The molecule has 94 valence electrons. The summed E-state index contributed by atoms with van der Waals surface area (Å²) in [6.45, 7) is 3.23. The first kappa shape index (κ1) is 12.3. The van der Waals surface area contributed by atoms with Crippen LogP contribution in [0.2, 0.25) is 0 Å². The van der Waals surface area contributed by atoms with Gasteiger partial charge in [-0.1, -0.05) is 13.0 Å². The van der Waals surface area contributed by atoms with Gasteiger partial charge in [-0.3, -0.25) is 14.5 Å². The average Bonchev–Trinajstić information content (AvgIpc) is 2.86. The van der Waals surface area contributed by atoms with Gasteiger partial charge >= 0.3 is 0 Å². The third kappa shape index (κ3) is 2.94. The van der Waals surface area contributed by atoms with Crippen molar-refractivity contribution in [3.05, 3.63) is 48.0 Å². The fourth-order valence-corrected chi connectivity index (χ4v) is 1.68. The Morgan fingerprint density at radius 1 is 1.33 bits per heavy atom. The second-order valence-electron chi connectivity index (χ2n) is 3.94. The SMILES string of the molecule is CCCn1nccc1C(=O)NCc1ccccn1. The van der Waals surface area contributed by atoms with E-state index in [1.165, 1.54) is 0 Å². The Labute approximate surface area is 106 Å². The molecular weight excluding hydrogens is 228 g/mol. The highest BCUT2D eigenvalue weighted by molar-refractivity contribution is 5.92. The predicted molar refractivity (Wildman–Crippen MR) is 67.9 cm³/mol. The number of hydrogen-bond donors (Lipinski definition) is 1. The number of nitrogens with zero attached hydrogens (tertiary/aromatic N) is 3. The number of amides is 1. The van der Waals surface area contributed by atoms with Crippen LogP contribution in [0.25, 0.3) is 0 Å². The topological polar surface area (TPSA) is 59.8 Å². The summed E-state index contributed by atoms with van der Waals surface area (Å²) in [7, 11) is 0. The van der Waals surface area contributed by atoms with Gasteiger partial charge in [-0.15, -0.1) is 0 Å². The molecule has 1 amide bonds. The van der Waals surface area contributed by atoms with Gasteiger partial charge in [0.1, 0.15) is 5.69 Å². The summed E-state index contributed by atoms with van der Waals surface area (Å²) in [5.41, 5.74) is 1.43. The quantitative estimate of drug-likeness (QED) is 0.869. The van der Waals surface area contributed by atoms with Crippen LogP contribution in [0.5, 0.6) is 0 Å². The van der Waals surface area contributed by atoms with Gasteiger partial charge in [-0.05, 0) is 24.6 Å². The molecule has 0 radical (unpaired) electrons. The number of nitrogens with one attached hydrogen (secondary N) is 1. The molecule has 0 aromatic carbocycles. The Balaban J connectivity index is 1.97. The molecular formula is C13H16N4O. The van der Waals surface area contributed by atoms with Crippen molar-refractivity contribution in [3.8, 4) is 0 Å². The molecule has 0 spiro atoms. The van der Waals surface area contributed by atoms with Crippen LogP contribution in [0.1, 0.15) is 29.5 Å². The lowest BCUT2D eigenvalue weighted by molar-refractivity contribution is 0.0939. The van der Waals surface area contributed by atoms with E-state index in [0.717, 1.165) is 18.7 Å². The molecule has 0 aliphatic rings. The van der Waals surface area contributed by atoms with Crippen LogP contribution in [0.3, 0.4) is 0 Å². The van der Waals surface area contributed by atoms with Crippen molar-refractivity contribution in [3.63, 3.8) is 0 Å². The Hall–Kier alpha value is -2.17. The van der Waals surface area contributed by atoms with Crippen molar-refractivity contribution in [2.24, 2.45) is 0 Å². The van der Waals surface area contributed by atoms with Crippen molar-refractivity contribution in [2.45, 2.75) is 26.4 Å². The molecule has 18 heavy (non-hydrogen) atoms. The predicted octanol–water partition coefficient (Wildman–Crippen LogP) is 1.62. The smallest absolute Gasteiger partial charge is 0.269 e. The average molecular weight is 244 g/mol. The molecule has 0 aliphatic carbocycles. The minimum absolute atomic E-state index is 0.119. The van der Waals surface area contributed by atoms with Crippen LogP contribution in [-0.4, -0.2) is 20.7 Å². The van der Waals surface area contributed by atoms with Crippen LogP contribution >= 0.6 is 0 Å². The zero-order valence-electron chi connectivity index (χ0n) is 10.3. The lowest BCUT2D eigenvalue weighted by Crippen LogP contribution is -2.26. The third-order valence-corrected chi connectivity index (χ3v) is 2.54. The van der Waals surface area contributed by atoms with E-state index in [4.69, 9.17) is 0 Å². The Morgan fingerprint density at radius 2 is 2.22 bits per heavy atom. The summed E-state index contributed by atoms with van der Waals surface area (Å²) in [6, 6.07) is 7.35. The first-order chi connectivity index (χ1) is 8.81. The van der Waals surface area contributed by atoms with Crippen LogP contribution in [-0.2, 0) is 13.1 Å². The van der Waals surface area contributed by atoms with Gasteiger partial charge in [-0.25, -0.2) is 0 Å². The van der Waals surface area contributed by atoms with Crippen molar-refractivity contribution in [1.29, 1.82) is 0 Å². The number of aryl methyl sites for hydroxylation is 1. The summed E-state index contributed by atoms with van der Waals surface area (Å²) in [5, 5.41) is 6.96. The molecule has 0 bridgehead atoms. The second kappa shape index (κ2) is 5.95. The Bertz CT molecular complexity index is 507. The maximum Gasteiger partial charge on any atom is 0.269 e. The first-order valence-corrected chi connectivity index (χ1v) is 6.01. The number of pyridine rings is 1. The maximum absolute atomic E-state index is 12.0. The Morgan fingerprint density at radius 3 is 2.94 bits per heavy atom. The lowest BCUT2D eigenvalue weighted by atomic mass is 10.3. The first-order valence-electron chi connectivity index (χ1n) is 6.01. The van der Waals surface area contributed by atoms with Crippen molar-refractivity contribution in [1.82, 2.24) is 20.1 Å². The van der Waals surface area contributed by atoms with Gasteiger partial charge in [0.25, 0.3) is 5.91 Å². The van der Waals surface area contributed by atoms with Gasteiger partial charge in [0.05, 0.1) is 12.2 Å². The van der Waals surface area contributed by atoms with Crippen LogP contribution in [0, 0.1) is 0 Å². The highest BCUT2D eigenvalue weighted by Gasteiger charge is 2.10. The number of hydrogen-bond acceptors (Lipinski definition) is 3. The summed E-state index contributed by atoms with van der Waals surface area (Å²) in [4.78, 5) is 16.1. The third-order valence-electron chi connectivity index (χ3n) is 2.54. The van der Waals surface area contributed by atoms with Crippen molar-refractivity contribution in [2.75, 3.05) is 0 Å². The highest BCUT2D eigenvalue weighted by Crippen LogP contribution is 2.01. The van der Waals surface area contributed by atoms with E-state index in [0.29, 0.717) is 12.2 Å². The molecule has 2 rings (SSSR count). The minimum atomic E-state index is -0.119. The Kier molecular flexibility index (Phi) is 4.06. The van der Waals surface area contributed by atoms with Crippen LogP contribution in [0.15, 0.2) is 36.7 Å². The molecule has 1 N–H and O–H groups in total. The summed E-state index contributed by atoms with van der Waals surface area (Å²) >= 11 is 0.